The van der Waals surface area contributed by atoms with Crippen LogP contribution in [-0.2, 0) is 6.54 Å². The molecule has 2 heterocycles. The first-order valence-electron chi connectivity index (χ1n) is 7.42. The van der Waals surface area contributed by atoms with Gasteiger partial charge in [0.1, 0.15) is 5.82 Å². The largest absolute Gasteiger partial charge is 0.308 e. The van der Waals surface area contributed by atoms with Gasteiger partial charge < -0.3 is 5.32 Å². The molecule has 3 nitrogen and oxygen atoms in total. The fraction of sp³-hybridized carbons (Fsp3) is 0.353. The number of rotatable bonds is 4. The van der Waals surface area contributed by atoms with Crippen molar-refractivity contribution >= 4 is 11.6 Å². The van der Waals surface area contributed by atoms with Crippen molar-refractivity contribution in [3.8, 4) is 0 Å². The number of benzene rings is 1. The number of nitrogens with zero attached hydrogens (tertiary/aromatic N) is 2. The highest BCUT2D eigenvalue weighted by Gasteiger charge is 2.32. The molecule has 5 heteroatoms. The first-order valence-corrected chi connectivity index (χ1v) is 7.80. The Morgan fingerprint density at radius 3 is 3.00 bits per heavy atom. The number of likely N-dealkylation sites (N-methyl/N-ethyl adjacent to an activating group) is 1. The minimum atomic E-state index is -0.356. The normalized spacial score (nSPS) is 22.1. The van der Waals surface area contributed by atoms with Crippen LogP contribution in [0.4, 0.5) is 4.39 Å². The van der Waals surface area contributed by atoms with Gasteiger partial charge in [-0.05, 0) is 42.8 Å². The predicted octanol–water partition coefficient (Wildman–Crippen LogP) is 3.41. The van der Waals surface area contributed by atoms with Crippen LogP contribution in [0.5, 0.6) is 0 Å². The number of halogens is 2. The summed E-state index contributed by atoms with van der Waals surface area (Å²) in [5.74, 6) is -0.356. The number of likely N-dealkylation sites (tertiary alicyclic amines) is 1. The molecule has 1 aromatic heterocycles. The second-order valence-electron chi connectivity index (χ2n) is 5.74. The standard InChI is InChI=1S/C17H19ClFN3/c1-22-8-6-16(21-11-12-3-2-7-20-10-12)17(22)13-4-5-14(18)15(19)9-13/h2-5,7,9-10,16-17,21H,6,8,11H2,1H3. The maximum absolute atomic E-state index is 13.8. The maximum Gasteiger partial charge on any atom is 0.142 e. The average molecular weight is 320 g/mol. The number of aromatic nitrogens is 1. The Labute approximate surface area is 135 Å². The van der Waals surface area contributed by atoms with Gasteiger partial charge in [-0.15, -0.1) is 0 Å². The van der Waals surface area contributed by atoms with Crippen molar-refractivity contribution in [2.24, 2.45) is 0 Å². The van der Waals surface area contributed by atoms with Crippen molar-refractivity contribution in [1.29, 1.82) is 0 Å². The smallest absolute Gasteiger partial charge is 0.142 e. The lowest BCUT2D eigenvalue weighted by Crippen LogP contribution is -2.34. The Morgan fingerprint density at radius 1 is 1.41 bits per heavy atom. The van der Waals surface area contributed by atoms with Crippen molar-refractivity contribution in [1.82, 2.24) is 15.2 Å². The highest BCUT2D eigenvalue weighted by molar-refractivity contribution is 6.30. The SMILES string of the molecule is CN1CCC(NCc2cccnc2)C1c1ccc(Cl)c(F)c1. The molecule has 2 atom stereocenters. The van der Waals surface area contributed by atoms with Crippen LogP contribution in [0.25, 0.3) is 0 Å². The van der Waals surface area contributed by atoms with E-state index in [0.717, 1.165) is 30.6 Å². The lowest BCUT2D eigenvalue weighted by atomic mass is 10.00. The van der Waals surface area contributed by atoms with Gasteiger partial charge in [-0.3, -0.25) is 9.88 Å². The van der Waals surface area contributed by atoms with E-state index < -0.39 is 0 Å². The zero-order chi connectivity index (χ0) is 15.5. The van der Waals surface area contributed by atoms with Gasteiger partial charge in [0.05, 0.1) is 5.02 Å². The van der Waals surface area contributed by atoms with Crippen LogP contribution in [-0.4, -0.2) is 29.5 Å². The zero-order valence-electron chi connectivity index (χ0n) is 12.5. The molecule has 1 aliphatic heterocycles. The molecular weight excluding hydrogens is 301 g/mol. The molecule has 1 N–H and O–H groups in total. The van der Waals surface area contributed by atoms with Crippen molar-refractivity contribution in [2.75, 3.05) is 13.6 Å². The summed E-state index contributed by atoms with van der Waals surface area (Å²) in [6, 6.07) is 9.52. The minimum Gasteiger partial charge on any atom is -0.308 e. The minimum absolute atomic E-state index is 0.156. The van der Waals surface area contributed by atoms with Gasteiger partial charge in [-0.1, -0.05) is 23.7 Å². The summed E-state index contributed by atoms with van der Waals surface area (Å²) < 4.78 is 13.8. The molecule has 0 radical (unpaired) electrons. The van der Waals surface area contributed by atoms with E-state index in [-0.39, 0.29) is 22.9 Å². The highest BCUT2D eigenvalue weighted by atomic mass is 35.5. The van der Waals surface area contributed by atoms with Crippen molar-refractivity contribution < 1.29 is 4.39 Å². The monoisotopic (exact) mass is 319 g/mol. The number of hydrogen-bond acceptors (Lipinski definition) is 3. The number of nitrogens with one attached hydrogen (secondary N) is 1. The first kappa shape index (κ1) is 15.4. The van der Waals surface area contributed by atoms with Gasteiger partial charge in [0.15, 0.2) is 0 Å². The molecular formula is C17H19ClFN3. The molecule has 2 unspecified atom stereocenters. The van der Waals surface area contributed by atoms with Crippen molar-refractivity contribution in [3.05, 3.63) is 64.7 Å². The van der Waals surface area contributed by atoms with Gasteiger partial charge in [0, 0.05) is 37.6 Å². The van der Waals surface area contributed by atoms with Gasteiger partial charge in [-0.25, -0.2) is 4.39 Å². The van der Waals surface area contributed by atoms with Crippen LogP contribution in [0, 0.1) is 5.82 Å². The lowest BCUT2D eigenvalue weighted by molar-refractivity contribution is 0.285. The van der Waals surface area contributed by atoms with Crippen LogP contribution < -0.4 is 5.32 Å². The summed E-state index contributed by atoms with van der Waals surface area (Å²) in [5.41, 5.74) is 2.11. The molecule has 22 heavy (non-hydrogen) atoms. The predicted molar refractivity (Wildman–Crippen MR) is 86.3 cm³/mol. The van der Waals surface area contributed by atoms with Gasteiger partial charge in [-0.2, -0.15) is 0 Å². The van der Waals surface area contributed by atoms with E-state index in [4.69, 9.17) is 11.6 Å². The molecule has 1 saturated heterocycles. The summed E-state index contributed by atoms with van der Waals surface area (Å²) in [7, 11) is 2.07. The van der Waals surface area contributed by atoms with Gasteiger partial charge in [0.2, 0.25) is 0 Å². The summed E-state index contributed by atoms with van der Waals surface area (Å²) in [6.45, 7) is 1.75. The lowest BCUT2D eigenvalue weighted by Gasteiger charge is -2.26. The van der Waals surface area contributed by atoms with Crippen LogP contribution in [0.15, 0.2) is 42.7 Å². The molecule has 0 saturated carbocycles. The average Bonchev–Trinajstić information content (AvgIpc) is 2.90. The Kier molecular flexibility index (Phi) is 4.71. The third-order valence-corrected chi connectivity index (χ3v) is 4.53. The maximum atomic E-state index is 13.8. The van der Waals surface area contributed by atoms with E-state index in [9.17, 15) is 4.39 Å². The highest BCUT2D eigenvalue weighted by Crippen LogP contribution is 2.32. The fourth-order valence-corrected chi connectivity index (χ4v) is 3.21. The van der Waals surface area contributed by atoms with Crippen LogP contribution in [0.1, 0.15) is 23.6 Å². The van der Waals surface area contributed by atoms with E-state index in [1.54, 1.807) is 18.3 Å². The topological polar surface area (TPSA) is 28.2 Å². The molecule has 0 spiro atoms. The van der Waals surface area contributed by atoms with E-state index >= 15 is 0 Å². The number of pyridine rings is 1. The molecule has 0 aliphatic carbocycles. The van der Waals surface area contributed by atoms with E-state index in [1.807, 2.05) is 18.3 Å². The van der Waals surface area contributed by atoms with Gasteiger partial charge in [0.25, 0.3) is 0 Å². The fourth-order valence-electron chi connectivity index (χ4n) is 3.10. The van der Waals surface area contributed by atoms with Crippen LogP contribution >= 0.6 is 11.6 Å². The molecule has 0 amide bonds. The van der Waals surface area contributed by atoms with E-state index in [1.165, 1.54) is 0 Å². The van der Waals surface area contributed by atoms with E-state index in [0.29, 0.717) is 0 Å². The molecule has 1 aliphatic rings. The molecule has 1 aromatic carbocycles. The second kappa shape index (κ2) is 6.73. The summed E-state index contributed by atoms with van der Waals surface area (Å²) in [4.78, 5) is 6.38. The molecule has 116 valence electrons. The van der Waals surface area contributed by atoms with Crippen molar-refractivity contribution in [2.45, 2.75) is 25.0 Å². The molecule has 1 fully saturated rings. The summed E-state index contributed by atoms with van der Waals surface area (Å²) in [5, 5.41) is 3.74. The van der Waals surface area contributed by atoms with E-state index in [2.05, 4.69) is 28.3 Å². The summed E-state index contributed by atoms with van der Waals surface area (Å²) >= 11 is 5.79. The quantitative estimate of drug-likeness (QED) is 0.936. The van der Waals surface area contributed by atoms with Crippen LogP contribution in [0.3, 0.4) is 0 Å². The Balaban J connectivity index is 1.74. The number of hydrogen-bond donors (Lipinski definition) is 1. The Bertz CT molecular complexity index is 635. The third kappa shape index (κ3) is 3.29. The Hall–Kier alpha value is -1.49. The van der Waals surface area contributed by atoms with Crippen LogP contribution in [0.2, 0.25) is 5.02 Å². The molecule has 0 bridgehead atoms. The Morgan fingerprint density at radius 2 is 2.27 bits per heavy atom. The van der Waals surface area contributed by atoms with Gasteiger partial charge >= 0.3 is 0 Å². The summed E-state index contributed by atoms with van der Waals surface area (Å²) in [6.07, 6.45) is 4.67. The van der Waals surface area contributed by atoms with Crippen molar-refractivity contribution in [3.63, 3.8) is 0 Å². The second-order valence-corrected chi connectivity index (χ2v) is 6.14. The molecule has 2 aromatic rings. The zero-order valence-corrected chi connectivity index (χ0v) is 13.2. The first-order chi connectivity index (χ1) is 10.6. The third-order valence-electron chi connectivity index (χ3n) is 4.23. The molecule has 3 rings (SSSR count).